The molecule has 0 amide bonds. The van der Waals surface area contributed by atoms with E-state index in [1.165, 1.54) is 11.5 Å². The van der Waals surface area contributed by atoms with E-state index >= 15 is 0 Å². The molecule has 2 aromatic rings. The molecule has 5 nitrogen and oxygen atoms in total. The fourth-order valence-electron chi connectivity index (χ4n) is 1.81. The summed E-state index contributed by atoms with van der Waals surface area (Å²) in [6.07, 6.45) is 1.61. The molecule has 0 bridgehead atoms. The molecule has 1 N–H and O–H groups in total. The second-order valence-corrected chi connectivity index (χ2v) is 5.17. The first-order valence-electron chi connectivity index (χ1n) is 5.74. The van der Waals surface area contributed by atoms with E-state index in [9.17, 15) is 0 Å². The summed E-state index contributed by atoms with van der Waals surface area (Å²) in [6.45, 7) is 3.94. The highest BCUT2D eigenvalue weighted by Crippen LogP contribution is 2.23. The highest BCUT2D eigenvalue weighted by atomic mass is 35.5. The van der Waals surface area contributed by atoms with Crippen LogP contribution in [0, 0.1) is 0 Å². The summed E-state index contributed by atoms with van der Waals surface area (Å²) in [5, 5.41) is 4.90. The molecule has 0 spiro atoms. The Morgan fingerprint density at radius 3 is 2.83 bits per heavy atom. The van der Waals surface area contributed by atoms with Gasteiger partial charge < -0.3 is 10.2 Å². The molecule has 0 saturated carbocycles. The molecule has 3 rings (SSSR count). The van der Waals surface area contributed by atoms with Crippen LogP contribution in [0.5, 0.6) is 0 Å². The van der Waals surface area contributed by atoms with Crippen molar-refractivity contribution in [1.82, 2.24) is 19.7 Å². The zero-order valence-corrected chi connectivity index (χ0v) is 11.2. The maximum absolute atomic E-state index is 5.81. The molecule has 1 aliphatic rings. The average Bonchev–Trinajstić information content (AvgIpc) is 2.90. The normalized spacial score (nSPS) is 15.9. The number of anilines is 1. The van der Waals surface area contributed by atoms with Gasteiger partial charge in [0, 0.05) is 43.9 Å². The number of aromatic nitrogens is 3. The van der Waals surface area contributed by atoms with Gasteiger partial charge in [-0.2, -0.15) is 9.36 Å². The molecular weight excluding hydrogens is 270 g/mol. The fraction of sp³-hybridized carbons (Fsp3) is 0.364. The molecule has 0 atom stereocenters. The number of hydrogen-bond acceptors (Lipinski definition) is 6. The van der Waals surface area contributed by atoms with Crippen molar-refractivity contribution in [2.45, 2.75) is 0 Å². The maximum atomic E-state index is 5.81. The first kappa shape index (κ1) is 11.8. The van der Waals surface area contributed by atoms with Crippen LogP contribution in [0.2, 0.25) is 5.02 Å². The Morgan fingerprint density at radius 2 is 2.11 bits per heavy atom. The van der Waals surface area contributed by atoms with Crippen molar-refractivity contribution in [2.75, 3.05) is 31.1 Å². The summed E-state index contributed by atoms with van der Waals surface area (Å²) in [7, 11) is 0. The van der Waals surface area contributed by atoms with Crippen LogP contribution in [0.1, 0.15) is 0 Å². The van der Waals surface area contributed by atoms with Crippen molar-refractivity contribution in [3.8, 4) is 11.5 Å². The Balaban J connectivity index is 1.82. The molecule has 94 valence electrons. The second-order valence-electron chi connectivity index (χ2n) is 4.00. The Hall–Kier alpha value is -1.24. The Kier molecular flexibility index (Phi) is 3.40. The van der Waals surface area contributed by atoms with Gasteiger partial charge in [-0.05, 0) is 12.1 Å². The smallest absolute Gasteiger partial charge is 0.205 e. The van der Waals surface area contributed by atoms with Gasteiger partial charge in [0.2, 0.25) is 5.13 Å². The van der Waals surface area contributed by atoms with Gasteiger partial charge in [-0.15, -0.1) is 0 Å². The first-order chi connectivity index (χ1) is 8.83. The third kappa shape index (κ3) is 2.45. The second kappa shape index (κ2) is 5.17. The topological polar surface area (TPSA) is 53.9 Å². The summed E-state index contributed by atoms with van der Waals surface area (Å²) < 4.78 is 4.35. The summed E-state index contributed by atoms with van der Waals surface area (Å²) in [4.78, 5) is 11.0. The van der Waals surface area contributed by atoms with E-state index < -0.39 is 0 Å². The molecule has 7 heteroatoms. The van der Waals surface area contributed by atoms with E-state index in [-0.39, 0.29) is 0 Å². The van der Waals surface area contributed by atoms with Crippen LogP contribution in [0.25, 0.3) is 11.5 Å². The Bertz CT molecular complexity index is 520. The lowest BCUT2D eigenvalue weighted by Crippen LogP contribution is -2.43. The van der Waals surface area contributed by atoms with Crippen molar-refractivity contribution in [3.05, 3.63) is 23.4 Å². The number of hydrogen-bond donors (Lipinski definition) is 1. The largest absolute Gasteiger partial charge is 0.344 e. The third-order valence-electron chi connectivity index (χ3n) is 2.76. The molecule has 18 heavy (non-hydrogen) atoms. The average molecular weight is 282 g/mol. The minimum Gasteiger partial charge on any atom is -0.344 e. The lowest BCUT2D eigenvalue weighted by molar-refractivity contribution is 0.588. The summed E-state index contributed by atoms with van der Waals surface area (Å²) >= 11 is 7.23. The van der Waals surface area contributed by atoms with Crippen LogP contribution in [0.15, 0.2) is 18.3 Å². The van der Waals surface area contributed by atoms with Crippen LogP contribution in [0.4, 0.5) is 5.13 Å². The number of rotatable bonds is 2. The number of nitrogens with one attached hydrogen (secondary N) is 1. The van der Waals surface area contributed by atoms with Gasteiger partial charge in [-0.1, -0.05) is 11.6 Å². The molecule has 1 aliphatic heterocycles. The van der Waals surface area contributed by atoms with Crippen LogP contribution in [-0.2, 0) is 0 Å². The lowest BCUT2D eigenvalue weighted by atomic mass is 10.3. The van der Waals surface area contributed by atoms with E-state index in [1.807, 2.05) is 6.07 Å². The van der Waals surface area contributed by atoms with Crippen LogP contribution < -0.4 is 10.2 Å². The van der Waals surface area contributed by atoms with Gasteiger partial charge in [0.15, 0.2) is 5.82 Å². The molecule has 3 heterocycles. The number of halogens is 1. The maximum Gasteiger partial charge on any atom is 0.205 e. The first-order valence-corrected chi connectivity index (χ1v) is 6.89. The molecule has 0 aliphatic carbocycles. The van der Waals surface area contributed by atoms with E-state index in [1.54, 1.807) is 12.3 Å². The molecular formula is C11H12ClN5S. The van der Waals surface area contributed by atoms with Crippen molar-refractivity contribution in [3.63, 3.8) is 0 Å². The zero-order valence-electron chi connectivity index (χ0n) is 9.64. The SMILES string of the molecule is Clc1ccc(-c2nsc(N3CCNCC3)n2)nc1. The van der Waals surface area contributed by atoms with Crippen molar-refractivity contribution < 1.29 is 0 Å². The number of pyridine rings is 1. The molecule has 2 aromatic heterocycles. The lowest BCUT2D eigenvalue weighted by Gasteiger charge is -2.26. The zero-order chi connectivity index (χ0) is 12.4. The van der Waals surface area contributed by atoms with Gasteiger partial charge >= 0.3 is 0 Å². The molecule has 1 saturated heterocycles. The molecule has 0 aromatic carbocycles. The van der Waals surface area contributed by atoms with Gasteiger partial charge in [-0.25, -0.2) is 0 Å². The minimum absolute atomic E-state index is 0.622. The number of piperazine rings is 1. The highest BCUT2D eigenvalue weighted by molar-refractivity contribution is 7.09. The standard InChI is InChI=1S/C11H12ClN5S/c12-8-1-2-9(14-7-8)10-15-11(18-16-10)17-5-3-13-4-6-17/h1-2,7,13H,3-6H2. The quantitative estimate of drug-likeness (QED) is 0.907. The van der Waals surface area contributed by atoms with Gasteiger partial charge in [-0.3, -0.25) is 4.98 Å². The van der Waals surface area contributed by atoms with E-state index in [4.69, 9.17) is 11.6 Å². The summed E-state index contributed by atoms with van der Waals surface area (Å²) in [6, 6.07) is 3.64. The predicted octanol–water partition coefficient (Wildman–Crippen LogP) is 1.66. The molecule has 0 radical (unpaired) electrons. The van der Waals surface area contributed by atoms with Crippen molar-refractivity contribution in [1.29, 1.82) is 0 Å². The van der Waals surface area contributed by atoms with Gasteiger partial charge in [0.1, 0.15) is 5.69 Å². The summed E-state index contributed by atoms with van der Waals surface area (Å²) in [5.41, 5.74) is 0.761. The van der Waals surface area contributed by atoms with Crippen molar-refractivity contribution >= 4 is 28.3 Å². The monoisotopic (exact) mass is 281 g/mol. The Morgan fingerprint density at radius 1 is 1.28 bits per heavy atom. The van der Waals surface area contributed by atoms with Crippen LogP contribution in [0.3, 0.4) is 0 Å². The van der Waals surface area contributed by atoms with E-state index in [0.717, 1.165) is 37.0 Å². The third-order valence-corrected chi connectivity index (χ3v) is 3.76. The van der Waals surface area contributed by atoms with E-state index in [0.29, 0.717) is 10.8 Å². The van der Waals surface area contributed by atoms with Gasteiger partial charge in [0.05, 0.1) is 5.02 Å². The number of nitrogens with zero attached hydrogens (tertiary/aromatic N) is 4. The van der Waals surface area contributed by atoms with Gasteiger partial charge in [0.25, 0.3) is 0 Å². The van der Waals surface area contributed by atoms with E-state index in [2.05, 4.69) is 24.6 Å². The van der Waals surface area contributed by atoms with Crippen LogP contribution in [-0.4, -0.2) is 40.5 Å². The molecule has 1 fully saturated rings. The Labute approximate surface area is 114 Å². The fourth-order valence-corrected chi connectivity index (χ4v) is 2.65. The molecule has 0 unspecified atom stereocenters. The highest BCUT2D eigenvalue weighted by Gasteiger charge is 2.16. The predicted molar refractivity (Wildman–Crippen MR) is 73.2 cm³/mol. The van der Waals surface area contributed by atoms with Crippen molar-refractivity contribution in [2.24, 2.45) is 0 Å². The minimum atomic E-state index is 0.622. The van der Waals surface area contributed by atoms with Crippen LogP contribution >= 0.6 is 23.1 Å². The summed E-state index contributed by atoms with van der Waals surface area (Å²) in [5.74, 6) is 0.671.